The molecular weight excluding hydrogens is 371 g/mol. The number of carbonyl (C=O) groups is 1. The third-order valence-electron chi connectivity index (χ3n) is 5.54. The fourth-order valence-corrected chi connectivity index (χ4v) is 3.96. The van der Waals surface area contributed by atoms with Crippen molar-refractivity contribution in [3.05, 3.63) is 23.8 Å². The van der Waals surface area contributed by atoms with Crippen LogP contribution in [0.15, 0.2) is 18.2 Å². The summed E-state index contributed by atoms with van der Waals surface area (Å²) in [6.45, 7) is 2.35. The second-order valence-electron chi connectivity index (χ2n) is 7.58. The number of carbonyl (C=O) groups excluding carboxylic acids is 1. The molecule has 0 aromatic heterocycles. The topological polar surface area (TPSA) is 44.8 Å². The van der Waals surface area contributed by atoms with Crippen molar-refractivity contribution in [1.82, 2.24) is 4.90 Å². The van der Waals surface area contributed by atoms with Crippen molar-refractivity contribution >= 4 is 17.3 Å². The predicted molar refractivity (Wildman–Crippen MR) is 103 cm³/mol. The van der Waals surface area contributed by atoms with Gasteiger partial charge in [-0.15, -0.1) is 0 Å². The van der Waals surface area contributed by atoms with E-state index in [1.54, 1.807) is 0 Å². The van der Waals surface area contributed by atoms with Crippen molar-refractivity contribution in [2.75, 3.05) is 50.1 Å². The minimum Gasteiger partial charge on any atom is -0.378 e. The molecule has 1 saturated carbocycles. The molecule has 5 nitrogen and oxygen atoms in total. The molecule has 1 aromatic carbocycles. The normalized spacial score (nSPS) is 19.1. The van der Waals surface area contributed by atoms with Crippen LogP contribution in [0.3, 0.4) is 0 Å². The van der Waals surface area contributed by atoms with Crippen LogP contribution < -0.4 is 10.2 Å². The molecule has 8 heteroatoms. The molecule has 0 atom stereocenters. The largest absolute Gasteiger partial charge is 0.416 e. The van der Waals surface area contributed by atoms with Gasteiger partial charge in [0, 0.05) is 19.1 Å². The highest BCUT2D eigenvalue weighted by atomic mass is 19.4. The summed E-state index contributed by atoms with van der Waals surface area (Å²) in [5.74, 6) is -0.290. The molecule has 28 heavy (non-hydrogen) atoms. The Morgan fingerprint density at radius 1 is 1.21 bits per heavy atom. The standard InChI is InChI=1S/C20H28F3N3O2/c1-25(16-5-3-2-4-6-16)14-19(27)24-17-13-15(20(21,22)23)7-8-18(17)26-9-11-28-12-10-26/h7-8,13,16H,2-6,9-12,14H2,1H3,(H,24,27). The molecule has 1 aromatic rings. The van der Waals surface area contributed by atoms with Crippen molar-refractivity contribution in [2.24, 2.45) is 0 Å². The van der Waals surface area contributed by atoms with E-state index in [4.69, 9.17) is 4.74 Å². The second-order valence-corrected chi connectivity index (χ2v) is 7.58. The smallest absolute Gasteiger partial charge is 0.378 e. The highest BCUT2D eigenvalue weighted by Gasteiger charge is 2.32. The number of ether oxygens (including phenoxy) is 1. The van der Waals surface area contributed by atoms with Crippen molar-refractivity contribution in [2.45, 2.75) is 44.3 Å². The van der Waals surface area contributed by atoms with E-state index in [1.165, 1.54) is 12.5 Å². The molecule has 1 aliphatic heterocycles. The molecule has 1 saturated heterocycles. The van der Waals surface area contributed by atoms with Crippen molar-refractivity contribution in [1.29, 1.82) is 0 Å². The molecule has 2 fully saturated rings. The molecule has 0 radical (unpaired) electrons. The number of morpholine rings is 1. The average molecular weight is 399 g/mol. The lowest BCUT2D eigenvalue weighted by molar-refractivity contribution is -0.137. The number of nitrogens with one attached hydrogen (secondary N) is 1. The summed E-state index contributed by atoms with van der Waals surface area (Å²) in [6, 6.07) is 3.90. The second kappa shape index (κ2) is 9.13. The zero-order valence-corrected chi connectivity index (χ0v) is 16.2. The first-order chi connectivity index (χ1) is 13.3. The molecule has 0 bridgehead atoms. The number of alkyl halides is 3. The van der Waals surface area contributed by atoms with Gasteiger partial charge in [-0.3, -0.25) is 9.69 Å². The van der Waals surface area contributed by atoms with Gasteiger partial charge in [0.15, 0.2) is 0 Å². The molecule has 156 valence electrons. The predicted octanol–water partition coefficient (Wildman–Crippen LogP) is 3.75. The van der Waals surface area contributed by atoms with Crippen LogP contribution in [0.5, 0.6) is 0 Å². The highest BCUT2D eigenvalue weighted by Crippen LogP contribution is 2.35. The van der Waals surface area contributed by atoms with Crippen LogP contribution in [0, 0.1) is 0 Å². The number of rotatable bonds is 5. The number of halogens is 3. The van der Waals surface area contributed by atoms with Crippen LogP contribution in [-0.2, 0) is 15.7 Å². The van der Waals surface area contributed by atoms with Crippen molar-refractivity contribution in [3.8, 4) is 0 Å². The van der Waals surface area contributed by atoms with Crippen LogP contribution in [0.4, 0.5) is 24.5 Å². The Morgan fingerprint density at radius 2 is 1.89 bits per heavy atom. The average Bonchev–Trinajstić information content (AvgIpc) is 2.68. The number of nitrogens with zero attached hydrogens (tertiary/aromatic N) is 2. The van der Waals surface area contributed by atoms with Gasteiger partial charge in [-0.1, -0.05) is 19.3 Å². The van der Waals surface area contributed by atoms with E-state index in [9.17, 15) is 18.0 Å². The van der Waals surface area contributed by atoms with Gasteiger partial charge in [-0.25, -0.2) is 0 Å². The fourth-order valence-electron chi connectivity index (χ4n) is 3.96. The maximum absolute atomic E-state index is 13.2. The number of anilines is 2. The number of amides is 1. The van der Waals surface area contributed by atoms with E-state index in [2.05, 4.69) is 5.32 Å². The van der Waals surface area contributed by atoms with Crippen LogP contribution in [0.1, 0.15) is 37.7 Å². The fraction of sp³-hybridized carbons (Fsp3) is 0.650. The third kappa shape index (κ3) is 5.38. The quantitative estimate of drug-likeness (QED) is 0.819. The maximum Gasteiger partial charge on any atom is 0.416 e. The molecule has 2 aliphatic rings. The summed E-state index contributed by atoms with van der Waals surface area (Å²) < 4.78 is 44.9. The Hall–Kier alpha value is -1.80. The first kappa shape index (κ1) is 20.9. The van der Waals surface area contributed by atoms with E-state index in [1.807, 2.05) is 16.8 Å². The van der Waals surface area contributed by atoms with E-state index < -0.39 is 11.7 Å². The number of likely N-dealkylation sites (N-methyl/N-ethyl adjacent to an activating group) is 1. The van der Waals surface area contributed by atoms with Gasteiger partial charge < -0.3 is 15.0 Å². The van der Waals surface area contributed by atoms with Gasteiger partial charge in [0.1, 0.15) is 0 Å². The Morgan fingerprint density at radius 3 is 2.54 bits per heavy atom. The summed E-state index contributed by atoms with van der Waals surface area (Å²) in [5.41, 5.74) is 0.0455. The number of hydrogen-bond acceptors (Lipinski definition) is 4. The molecule has 3 rings (SSSR count). The molecule has 0 spiro atoms. The molecule has 1 heterocycles. The summed E-state index contributed by atoms with van der Waals surface area (Å²) in [6.07, 6.45) is 1.21. The SMILES string of the molecule is CN(CC(=O)Nc1cc(C(F)(F)F)ccc1N1CCOCC1)C1CCCCC1. The lowest BCUT2D eigenvalue weighted by Crippen LogP contribution is -2.40. The van der Waals surface area contributed by atoms with Crippen molar-refractivity contribution in [3.63, 3.8) is 0 Å². The number of hydrogen-bond donors (Lipinski definition) is 1. The van der Waals surface area contributed by atoms with E-state index in [0.717, 1.165) is 37.8 Å². The van der Waals surface area contributed by atoms with Gasteiger partial charge >= 0.3 is 6.18 Å². The van der Waals surface area contributed by atoms with Gasteiger partial charge in [0.25, 0.3) is 0 Å². The molecule has 1 N–H and O–H groups in total. The van der Waals surface area contributed by atoms with Crippen LogP contribution in [-0.4, -0.2) is 56.7 Å². The van der Waals surface area contributed by atoms with Crippen LogP contribution in [0.2, 0.25) is 0 Å². The molecule has 1 amide bonds. The van der Waals surface area contributed by atoms with E-state index in [-0.39, 0.29) is 18.1 Å². The van der Waals surface area contributed by atoms with Crippen molar-refractivity contribution < 1.29 is 22.7 Å². The monoisotopic (exact) mass is 399 g/mol. The minimum atomic E-state index is -4.46. The maximum atomic E-state index is 13.2. The van der Waals surface area contributed by atoms with Gasteiger partial charge in [-0.05, 0) is 38.1 Å². The van der Waals surface area contributed by atoms with Crippen LogP contribution >= 0.6 is 0 Å². The molecular formula is C20H28F3N3O2. The van der Waals surface area contributed by atoms with E-state index >= 15 is 0 Å². The van der Waals surface area contributed by atoms with Gasteiger partial charge in [0.2, 0.25) is 5.91 Å². The summed E-state index contributed by atoms with van der Waals surface area (Å²) in [4.78, 5) is 16.5. The number of benzene rings is 1. The lowest BCUT2D eigenvalue weighted by atomic mass is 9.94. The summed E-state index contributed by atoms with van der Waals surface area (Å²) in [7, 11) is 1.91. The minimum absolute atomic E-state index is 0.170. The molecule has 0 unspecified atom stereocenters. The summed E-state index contributed by atoms with van der Waals surface area (Å²) in [5, 5.41) is 2.73. The third-order valence-corrected chi connectivity index (χ3v) is 5.54. The molecule has 1 aliphatic carbocycles. The summed E-state index contributed by atoms with van der Waals surface area (Å²) >= 11 is 0. The lowest BCUT2D eigenvalue weighted by Gasteiger charge is -2.32. The Balaban J connectivity index is 1.74. The first-order valence-electron chi connectivity index (χ1n) is 9.88. The Kier molecular flexibility index (Phi) is 6.82. The highest BCUT2D eigenvalue weighted by molar-refractivity contribution is 5.95. The zero-order valence-electron chi connectivity index (χ0n) is 16.2. The Labute approximate surface area is 163 Å². The Bertz CT molecular complexity index is 669. The first-order valence-corrected chi connectivity index (χ1v) is 9.88. The zero-order chi connectivity index (χ0) is 20.1. The van der Waals surface area contributed by atoms with Gasteiger partial charge in [-0.2, -0.15) is 13.2 Å². The van der Waals surface area contributed by atoms with Crippen LogP contribution in [0.25, 0.3) is 0 Å². The van der Waals surface area contributed by atoms with E-state index in [0.29, 0.717) is 38.0 Å². The van der Waals surface area contributed by atoms with Gasteiger partial charge in [0.05, 0.1) is 36.7 Å².